The van der Waals surface area contributed by atoms with Crippen LogP contribution in [0.25, 0.3) is 0 Å². The van der Waals surface area contributed by atoms with E-state index in [4.69, 9.17) is 11.6 Å². The van der Waals surface area contributed by atoms with E-state index in [0.717, 1.165) is 5.88 Å². The minimum absolute atomic E-state index is 0.347. The van der Waals surface area contributed by atoms with Crippen molar-refractivity contribution in [1.82, 2.24) is 0 Å². The smallest absolute Gasteiger partial charge is 0.0280 e. The Bertz CT molecular complexity index is 398. The van der Waals surface area contributed by atoms with E-state index in [-0.39, 0.29) is 0 Å². The van der Waals surface area contributed by atoms with Gasteiger partial charge in [-0.1, -0.05) is 44.9 Å². The Labute approximate surface area is 127 Å². The molecule has 2 unspecified atom stereocenters. The fourth-order valence-corrected chi connectivity index (χ4v) is 4.80. The molecule has 0 saturated carbocycles. The molecule has 1 heterocycles. The van der Waals surface area contributed by atoms with Crippen LogP contribution < -0.4 is 0 Å². The molecule has 0 aromatic heterocycles. The molecule has 1 aromatic rings. The minimum atomic E-state index is 0.347. The molecule has 19 heavy (non-hydrogen) atoms. The van der Waals surface area contributed by atoms with Gasteiger partial charge < -0.3 is 0 Å². The lowest BCUT2D eigenvalue weighted by atomic mass is 9.74. The summed E-state index contributed by atoms with van der Waals surface area (Å²) in [6, 6.07) is 8.91. The molecule has 0 spiro atoms. The Morgan fingerprint density at radius 3 is 2.79 bits per heavy atom. The first-order chi connectivity index (χ1) is 9.24. The molecule has 1 aromatic carbocycles. The molecular formula is C17H25ClS. The summed E-state index contributed by atoms with van der Waals surface area (Å²) in [5, 5.41) is 0. The van der Waals surface area contributed by atoms with Crippen molar-refractivity contribution in [3.05, 3.63) is 29.8 Å². The van der Waals surface area contributed by atoms with E-state index < -0.39 is 0 Å². The first-order valence-electron chi connectivity index (χ1n) is 7.52. The lowest BCUT2D eigenvalue weighted by Gasteiger charge is -2.33. The maximum Gasteiger partial charge on any atom is 0.0280 e. The number of alkyl halides is 1. The lowest BCUT2D eigenvalue weighted by Crippen LogP contribution is -2.25. The molecule has 0 bridgehead atoms. The van der Waals surface area contributed by atoms with Gasteiger partial charge in [-0.15, -0.1) is 23.4 Å². The molecule has 1 aliphatic rings. The first-order valence-corrected chi connectivity index (χ1v) is 9.04. The van der Waals surface area contributed by atoms with Crippen LogP contribution in [0, 0.1) is 5.41 Å². The van der Waals surface area contributed by atoms with Gasteiger partial charge in [0.25, 0.3) is 0 Å². The number of hydrogen-bond donors (Lipinski definition) is 0. The molecule has 0 saturated heterocycles. The molecular weight excluding hydrogens is 272 g/mol. The molecule has 0 amide bonds. The Balaban J connectivity index is 2.10. The first kappa shape index (κ1) is 15.3. The van der Waals surface area contributed by atoms with Gasteiger partial charge in [-0.05, 0) is 42.2 Å². The van der Waals surface area contributed by atoms with Gasteiger partial charge in [0, 0.05) is 16.5 Å². The standard InChI is InChI=1S/C17H25ClS/c1-3-5-10-17(4-2,13-18)11-14-12-19-16-9-7-6-8-15(14)16/h6-9,14H,3-5,10-13H2,1-2H3. The second-order valence-corrected chi connectivity index (χ2v) is 7.17. The van der Waals surface area contributed by atoms with Crippen LogP contribution in [0.5, 0.6) is 0 Å². The van der Waals surface area contributed by atoms with Crippen LogP contribution in [0.4, 0.5) is 0 Å². The van der Waals surface area contributed by atoms with Gasteiger partial charge in [-0.2, -0.15) is 0 Å². The summed E-state index contributed by atoms with van der Waals surface area (Å²) < 4.78 is 0. The summed E-state index contributed by atoms with van der Waals surface area (Å²) in [4.78, 5) is 1.49. The van der Waals surface area contributed by atoms with Crippen LogP contribution in [-0.4, -0.2) is 11.6 Å². The summed E-state index contributed by atoms with van der Waals surface area (Å²) in [6.45, 7) is 4.58. The highest BCUT2D eigenvalue weighted by atomic mass is 35.5. The molecule has 106 valence electrons. The van der Waals surface area contributed by atoms with E-state index in [1.807, 2.05) is 11.8 Å². The third kappa shape index (κ3) is 3.49. The second kappa shape index (κ2) is 7.04. The topological polar surface area (TPSA) is 0 Å². The van der Waals surface area contributed by atoms with Crippen molar-refractivity contribution >= 4 is 23.4 Å². The van der Waals surface area contributed by atoms with Crippen LogP contribution in [-0.2, 0) is 0 Å². The number of fused-ring (bicyclic) bond motifs is 1. The van der Waals surface area contributed by atoms with Crippen LogP contribution in [0.1, 0.15) is 57.4 Å². The van der Waals surface area contributed by atoms with Gasteiger partial charge in [0.2, 0.25) is 0 Å². The van der Waals surface area contributed by atoms with Gasteiger partial charge >= 0.3 is 0 Å². The SMILES string of the molecule is CCCCC(CC)(CCl)CC1CSc2ccccc21. The zero-order chi connectivity index (χ0) is 13.7. The van der Waals surface area contributed by atoms with E-state index in [1.165, 1.54) is 42.8 Å². The van der Waals surface area contributed by atoms with Crippen LogP contribution >= 0.6 is 23.4 Å². The molecule has 0 radical (unpaired) electrons. The third-order valence-electron chi connectivity index (χ3n) is 4.57. The predicted molar refractivity (Wildman–Crippen MR) is 87.5 cm³/mol. The quantitative estimate of drug-likeness (QED) is 0.549. The third-order valence-corrected chi connectivity index (χ3v) is 6.39. The molecule has 0 N–H and O–H groups in total. The van der Waals surface area contributed by atoms with Crippen molar-refractivity contribution in [2.24, 2.45) is 5.41 Å². The number of benzene rings is 1. The fraction of sp³-hybridized carbons (Fsp3) is 0.647. The molecule has 2 heteroatoms. The molecule has 2 atom stereocenters. The number of halogens is 1. The van der Waals surface area contributed by atoms with E-state index in [9.17, 15) is 0 Å². The van der Waals surface area contributed by atoms with Crippen molar-refractivity contribution in [2.75, 3.05) is 11.6 Å². The number of hydrogen-bond acceptors (Lipinski definition) is 1. The summed E-state index contributed by atoms with van der Waals surface area (Å²) in [5.41, 5.74) is 1.91. The van der Waals surface area contributed by atoms with Crippen molar-refractivity contribution in [3.8, 4) is 0 Å². The summed E-state index contributed by atoms with van der Waals surface area (Å²) >= 11 is 8.38. The lowest BCUT2D eigenvalue weighted by molar-refractivity contribution is 0.243. The molecule has 0 nitrogen and oxygen atoms in total. The largest absolute Gasteiger partial charge is 0.126 e. The van der Waals surface area contributed by atoms with Gasteiger partial charge in [-0.3, -0.25) is 0 Å². The Morgan fingerprint density at radius 1 is 1.32 bits per heavy atom. The van der Waals surface area contributed by atoms with E-state index in [0.29, 0.717) is 11.3 Å². The molecule has 0 fully saturated rings. The second-order valence-electron chi connectivity index (χ2n) is 5.84. The Morgan fingerprint density at radius 2 is 2.11 bits per heavy atom. The van der Waals surface area contributed by atoms with Crippen LogP contribution in [0.3, 0.4) is 0 Å². The zero-order valence-corrected chi connectivity index (χ0v) is 13.7. The maximum absolute atomic E-state index is 6.36. The van der Waals surface area contributed by atoms with Crippen molar-refractivity contribution in [3.63, 3.8) is 0 Å². The van der Waals surface area contributed by atoms with Crippen LogP contribution in [0.15, 0.2) is 29.2 Å². The van der Waals surface area contributed by atoms with Gasteiger partial charge in [-0.25, -0.2) is 0 Å². The molecule has 0 aliphatic carbocycles. The number of rotatable bonds is 7. The normalized spacial score (nSPS) is 21.1. The predicted octanol–water partition coefficient (Wildman–Crippen LogP) is 6.09. The van der Waals surface area contributed by atoms with Gasteiger partial charge in [0.15, 0.2) is 0 Å². The molecule has 2 rings (SSSR count). The minimum Gasteiger partial charge on any atom is -0.126 e. The van der Waals surface area contributed by atoms with Gasteiger partial charge in [0.05, 0.1) is 0 Å². The van der Waals surface area contributed by atoms with E-state index in [2.05, 4.69) is 38.1 Å². The monoisotopic (exact) mass is 296 g/mol. The average molecular weight is 297 g/mol. The van der Waals surface area contributed by atoms with Crippen molar-refractivity contribution < 1.29 is 0 Å². The Hall–Kier alpha value is -0.140. The van der Waals surface area contributed by atoms with Gasteiger partial charge in [0.1, 0.15) is 0 Å². The Kier molecular flexibility index (Phi) is 5.65. The highest BCUT2D eigenvalue weighted by Crippen LogP contribution is 2.47. The summed E-state index contributed by atoms with van der Waals surface area (Å²) in [6.07, 6.45) is 6.33. The maximum atomic E-state index is 6.36. The number of unbranched alkanes of at least 4 members (excludes halogenated alkanes) is 1. The van der Waals surface area contributed by atoms with E-state index in [1.54, 1.807) is 5.56 Å². The van der Waals surface area contributed by atoms with Crippen LogP contribution in [0.2, 0.25) is 0 Å². The highest BCUT2D eigenvalue weighted by Gasteiger charge is 2.33. The zero-order valence-electron chi connectivity index (χ0n) is 12.1. The van der Waals surface area contributed by atoms with Crippen molar-refractivity contribution in [2.45, 2.75) is 56.8 Å². The average Bonchev–Trinajstić information content (AvgIpc) is 2.87. The fourth-order valence-electron chi connectivity index (χ4n) is 3.11. The summed E-state index contributed by atoms with van der Waals surface area (Å²) in [7, 11) is 0. The highest BCUT2D eigenvalue weighted by molar-refractivity contribution is 7.99. The van der Waals surface area contributed by atoms with Crippen molar-refractivity contribution in [1.29, 1.82) is 0 Å². The summed E-state index contributed by atoms with van der Waals surface area (Å²) in [5.74, 6) is 2.76. The molecule has 1 aliphatic heterocycles. The number of thioether (sulfide) groups is 1. The van der Waals surface area contributed by atoms with E-state index >= 15 is 0 Å².